The average Bonchev–Trinajstić information content (AvgIpc) is 3.33. The Kier molecular flexibility index (Phi) is 8.96. The first-order valence-corrected chi connectivity index (χ1v) is 11.5. The van der Waals surface area contributed by atoms with Gasteiger partial charge < -0.3 is 19.7 Å². The van der Waals surface area contributed by atoms with Crippen LogP contribution in [-0.4, -0.2) is 42.5 Å². The van der Waals surface area contributed by atoms with Gasteiger partial charge in [-0.3, -0.25) is 9.59 Å². The third-order valence-electron chi connectivity index (χ3n) is 5.93. The Labute approximate surface area is 190 Å². The number of hydrogen-bond acceptors (Lipinski definition) is 4. The fourth-order valence-electron chi connectivity index (χ4n) is 3.98. The first-order valence-electron chi connectivity index (χ1n) is 11.5. The second-order valence-electron chi connectivity index (χ2n) is 8.30. The highest BCUT2D eigenvalue weighted by Crippen LogP contribution is 2.19. The van der Waals surface area contributed by atoms with Gasteiger partial charge in [-0.2, -0.15) is 0 Å². The molecule has 0 bridgehead atoms. The molecule has 1 saturated carbocycles. The number of rotatable bonds is 11. The SMILES string of the molecule is COc1ccc(OCCCC(=O)N(Cc2ccccc2)C(C)C(=O)NC2CCCC2)cc1. The van der Waals surface area contributed by atoms with Gasteiger partial charge in [-0.15, -0.1) is 0 Å². The first-order chi connectivity index (χ1) is 15.6. The van der Waals surface area contributed by atoms with E-state index in [1.807, 2.05) is 61.5 Å². The summed E-state index contributed by atoms with van der Waals surface area (Å²) >= 11 is 0. The molecule has 1 unspecified atom stereocenters. The van der Waals surface area contributed by atoms with Crippen LogP contribution in [0.15, 0.2) is 54.6 Å². The first kappa shape index (κ1) is 23.6. The molecule has 2 aromatic rings. The maximum absolute atomic E-state index is 13.1. The number of carbonyl (C=O) groups is 2. The summed E-state index contributed by atoms with van der Waals surface area (Å²) in [6, 6.07) is 16.9. The Balaban J connectivity index is 1.55. The zero-order valence-corrected chi connectivity index (χ0v) is 19.1. The number of ether oxygens (including phenoxy) is 2. The lowest BCUT2D eigenvalue weighted by atomic mass is 10.1. The van der Waals surface area contributed by atoms with Crippen LogP contribution in [-0.2, 0) is 16.1 Å². The van der Waals surface area contributed by atoms with E-state index in [1.54, 1.807) is 12.0 Å². The van der Waals surface area contributed by atoms with Crippen molar-refractivity contribution >= 4 is 11.8 Å². The molecule has 6 heteroatoms. The van der Waals surface area contributed by atoms with Crippen LogP contribution in [0.2, 0.25) is 0 Å². The van der Waals surface area contributed by atoms with Crippen molar-refractivity contribution in [2.45, 2.75) is 64.1 Å². The van der Waals surface area contributed by atoms with Gasteiger partial charge in [0.15, 0.2) is 0 Å². The summed E-state index contributed by atoms with van der Waals surface area (Å²) < 4.78 is 10.9. The van der Waals surface area contributed by atoms with Crippen LogP contribution in [0.5, 0.6) is 11.5 Å². The maximum atomic E-state index is 13.1. The fourth-order valence-corrected chi connectivity index (χ4v) is 3.98. The van der Waals surface area contributed by atoms with Crippen LogP contribution in [0, 0.1) is 0 Å². The molecular weight excluding hydrogens is 404 g/mol. The number of benzene rings is 2. The van der Waals surface area contributed by atoms with Crippen molar-refractivity contribution in [2.75, 3.05) is 13.7 Å². The molecule has 1 N–H and O–H groups in total. The number of methoxy groups -OCH3 is 1. The summed E-state index contributed by atoms with van der Waals surface area (Å²) in [7, 11) is 1.62. The lowest BCUT2D eigenvalue weighted by Crippen LogP contribution is -2.49. The van der Waals surface area contributed by atoms with Crippen LogP contribution in [0.4, 0.5) is 0 Å². The van der Waals surface area contributed by atoms with Crippen LogP contribution < -0.4 is 14.8 Å². The monoisotopic (exact) mass is 438 g/mol. The summed E-state index contributed by atoms with van der Waals surface area (Å²) in [4.78, 5) is 27.6. The molecule has 0 aromatic heterocycles. The van der Waals surface area contributed by atoms with E-state index in [1.165, 1.54) is 0 Å². The van der Waals surface area contributed by atoms with E-state index in [4.69, 9.17) is 9.47 Å². The second-order valence-corrected chi connectivity index (χ2v) is 8.30. The predicted octanol–water partition coefficient (Wildman–Crippen LogP) is 4.33. The standard InChI is InChI=1S/C26H34N2O4/c1-20(26(30)27-22-11-6-7-12-22)28(19-21-9-4-3-5-10-21)25(29)13-8-18-32-24-16-14-23(31-2)15-17-24/h3-5,9-10,14-17,20,22H,6-8,11-13,18-19H2,1-2H3,(H,27,30). The minimum Gasteiger partial charge on any atom is -0.497 e. The van der Waals surface area contributed by atoms with Gasteiger partial charge in [-0.05, 0) is 56.0 Å². The van der Waals surface area contributed by atoms with E-state index < -0.39 is 6.04 Å². The van der Waals surface area contributed by atoms with Gasteiger partial charge in [0.2, 0.25) is 11.8 Å². The number of amides is 2. The van der Waals surface area contributed by atoms with Crippen LogP contribution >= 0.6 is 0 Å². The Morgan fingerprint density at radius 3 is 2.34 bits per heavy atom. The third-order valence-corrected chi connectivity index (χ3v) is 5.93. The zero-order valence-electron chi connectivity index (χ0n) is 19.1. The van der Waals surface area contributed by atoms with Gasteiger partial charge in [-0.1, -0.05) is 43.2 Å². The van der Waals surface area contributed by atoms with Gasteiger partial charge >= 0.3 is 0 Å². The number of carbonyl (C=O) groups excluding carboxylic acids is 2. The minimum absolute atomic E-state index is 0.0405. The van der Waals surface area contributed by atoms with Gasteiger partial charge in [0.1, 0.15) is 17.5 Å². The van der Waals surface area contributed by atoms with Crippen molar-refractivity contribution < 1.29 is 19.1 Å². The Morgan fingerprint density at radius 1 is 1.03 bits per heavy atom. The predicted molar refractivity (Wildman–Crippen MR) is 125 cm³/mol. The minimum atomic E-state index is -0.522. The van der Waals surface area contributed by atoms with E-state index in [-0.39, 0.29) is 17.9 Å². The number of nitrogens with zero attached hydrogens (tertiary/aromatic N) is 1. The van der Waals surface area contributed by atoms with Crippen molar-refractivity contribution in [3.8, 4) is 11.5 Å². The number of nitrogens with one attached hydrogen (secondary N) is 1. The average molecular weight is 439 g/mol. The molecule has 0 heterocycles. The molecule has 1 aliphatic rings. The van der Waals surface area contributed by atoms with Crippen LogP contribution in [0.1, 0.15) is 51.0 Å². The second kappa shape index (κ2) is 12.1. The molecule has 172 valence electrons. The van der Waals surface area contributed by atoms with E-state index in [0.717, 1.165) is 42.7 Å². The molecule has 3 rings (SSSR count). The highest BCUT2D eigenvalue weighted by Gasteiger charge is 2.28. The van der Waals surface area contributed by atoms with Crippen molar-refractivity contribution in [2.24, 2.45) is 0 Å². The lowest BCUT2D eigenvalue weighted by molar-refractivity contribution is -0.141. The largest absolute Gasteiger partial charge is 0.497 e. The van der Waals surface area contributed by atoms with E-state index in [0.29, 0.717) is 26.0 Å². The smallest absolute Gasteiger partial charge is 0.242 e. The highest BCUT2D eigenvalue weighted by molar-refractivity contribution is 5.87. The summed E-state index contributed by atoms with van der Waals surface area (Å²) in [5.41, 5.74) is 1.01. The molecule has 1 fully saturated rings. The van der Waals surface area contributed by atoms with Crippen LogP contribution in [0.3, 0.4) is 0 Å². The Hall–Kier alpha value is -3.02. The molecule has 0 aliphatic heterocycles. The fraction of sp³-hybridized carbons (Fsp3) is 0.462. The molecule has 0 saturated heterocycles. The maximum Gasteiger partial charge on any atom is 0.242 e. The summed E-state index contributed by atoms with van der Waals surface area (Å²) in [5, 5.41) is 3.13. The Bertz CT molecular complexity index is 848. The third kappa shape index (κ3) is 7.01. The normalized spacial score (nSPS) is 14.6. The summed E-state index contributed by atoms with van der Waals surface area (Å²) in [6.07, 6.45) is 5.25. The molecule has 1 atom stereocenters. The molecule has 6 nitrogen and oxygen atoms in total. The van der Waals surface area contributed by atoms with Gasteiger partial charge in [0.25, 0.3) is 0 Å². The molecule has 1 aliphatic carbocycles. The van der Waals surface area contributed by atoms with E-state index >= 15 is 0 Å². The van der Waals surface area contributed by atoms with Crippen LogP contribution in [0.25, 0.3) is 0 Å². The lowest BCUT2D eigenvalue weighted by Gasteiger charge is -2.30. The molecule has 2 amide bonds. The Morgan fingerprint density at radius 2 is 1.69 bits per heavy atom. The highest BCUT2D eigenvalue weighted by atomic mass is 16.5. The molecule has 0 radical (unpaired) electrons. The van der Waals surface area contributed by atoms with Gasteiger partial charge in [0, 0.05) is 19.0 Å². The summed E-state index contributed by atoms with van der Waals surface area (Å²) in [5.74, 6) is 1.40. The van der Waals surface area contributed by atoms with Gasteiger partial charge in [-0.25, -0.2) is 0 Å². The van der Waals surface area contributed by atoms with Crippen molar-refractivity contribution in [1.82, 2.24) is 10.2 Å². The van der Waals surface area contributed by atoms with Gasteiger partial charge in [0.05, 0.1) is 13.7 Å². The molecule has 0 spiro atoms. The molecule has 2 aromatic carbocycles. The van der Waals surface area contributed by atoms with Crippen molar-refractivity contribution in [1.29, 1.82) is 0 Å². The topological polar surface area (TPSA) is 67.9 Å². The summed E-state index contributed by atoms with van der Waals surface area (Å²) in [6.45, 7) is 2.66. The van der Waals surface area contributed by atoms with E-state index in [9.17, 15) is 9.59 Å². The van der Waals surface area contributed by atoms with Crippen molar-refractivity contribution in [3.05, 3.63) is 60.2 Å². The molecule has 32 heavy (non-hydrogen) atoms. The van der Waals surface area contributed by atoms with Crippen molar-refractivity contribution in [3.63, 3.8) is 0 Å². The van der Waals surface area contributed by atoms with E-state index in [2.05, 4.69) is 5.32 Å². The molecular formula is C26H34N2O4. The zero-order chi connectivity index (χ0) is 22.8. The quantitative estimate of drug-likeness (QED) is 0.530. The number of hydrogen-bond donors (Lipinski definition) is 1.